The number of nitrogens with one attached hydrogen (secondary N) is 1. The van der Waals surface area contributed by atoms with Crippen LogP contribution >= 0.6 is 0 Å². The highest BCUT2D eigenvalue weighted by Gasteiger charge is 2.49. The first kappa shape index (κ1) is 31.8. The molecule has 0 aromatic heterocycles. The van der Waals surface area contributed by atoms with E-state index in [9.17, 15) is 50.4 Å². The van der Waals surface area contributed by atoms with E-state index in [2.05, 4.69) is 5.32 Å². The van der Waals surface area contributed by atoms with E-state index >= 15 is 0 Å². The molecule has 0 bridgehead atoms. The van der Waals surface area contributed by atoms with Gasteiger partial charge in [0.15, 0.2) is 12.6 Å². The molecule has 216 valence electrons. The highest BCUT2D eigenvalue weighted by molar-refractivity contribution is 5.77. The third-order valence-corrected chi connectivity index (χ3v) is 6.20. The van der Waals surface area contributed by atoms with Gasteiger partial charge in [-0.25, -0.2) is 0 Å². The van der Waals surface area contributed by atoms with Crippen LogP contribution in [0.2, 0.25) is 0 Å². The predicted molar refractivity (Wildman–Crippen MR) is 118 cm³/mol. The number of carbonyl (C=O) groups is 2. The Hall–Kier alpha value is -1.42. The molecule has 13 N–H and O–H groups in total. The van der Waals surface area contributed by atoms with E-state index < -0.39 is 111 Å². The first-order valence-corrected chi connectivity index (χ1v) is 11.5. The zero-order valence-electron chi connectivity index (χ0n) is 20.0. The minimum Gasteiger partial charge on any atom is -0.394 e. The molecule has 0 aromatic rings. The first-order valence-electron chi connectivity index (χ1n) is 11.5. The molecule has 2 fully saturated rings. The van der Waals surface area contributed by atoms with E-state index in [1.807, 2.05) is 0 Å². The molecule has 0 unspecified atom stereocenters. The van der Waals surface area contributed by atoms with Gasteiger partial charge < -0.3 is 81.4 Å². The molecular weight excluding hydrogens is 506 g/mol. The normalized spacial score (nSPS) is 39.9. The maximum atomic E-state index is 11.9. The van der Waals surface area contributed by atoms with Crippen LogP contribution in [0.5, 0.6) is 0 Å². The largest absolute Gasteiger partial charge is 0.394 e. The molecule has 1 amide bonds. The molecule has 37 heavy (non-hydrogen) atoms. The lowest BCUT2D eigenvalue weighted by atomic mass is 9.96. The Morgan fingerprint density at radius 3 is 1.68 bits per heavy atom. The van der Waals surface area contributed by atoms with Crippen molar-refractivity contribution in [3.8, 4) is 0 Å². The van der Waals surface area contributed by atoms with Gasteiger partial charge in [0.25, 0.3) is 0 Å². The minimum absolute atomic E-state index is 0.215. The first-order chi connectivity index (χ1) is 17.4. The van der Waals surface area contributed by atoms with Crippen LogP contribution in [0.1, 0.15) is 6.92 Å². The van der Waals surface area contributed by atoms with Crippen LogP contribution in [0.15, 0.2) is 0 Å². The van der Waals surface area contributed by atoms with Crippen molar-refractivity contribution in [3.05, 3.63) is 0 Å². The third-order valence-electron chi connectivity index (χ3n) is 6.20. The highest BCUT2D eigenvalue weighted by atomic mass is 16.7. The Labute approximate surface area is 211 Å². The van der Waals surface area contributed by atoms with Crippen molar-refractivity contribution in [1.29, 1.82) is 0 Å². The van der Waals surface area contributed by atoms with E-state index in [4.69, 9.17) is 30.4 Å². The maximum Gasteiger partial charge on any atom is 0.217 e. The van der Waals surface area contributed by atoms with Crippen LogP contribution in [0.4, 0.5) is 0 Å². The number of ether oxygens (including phenoxy) is 4. The summed E-state index contributed by atoms with van der Waals surface area (Å²) in [5.41, 5.74) is 11.8. The Morgan fingerprint density at radius 2 is 1.32 bits per heavy atom. The van der Waals surface area contributed by atoms with Gasteiger partial charge in [-0.2, -0.15) is 0 Å². The van der Waals surface area contributed by atoms with Crippen molar-refractivity contribution in [2.24, 2.45) is 11.5 Å². The SMILES string of the molecule is CC(=O)N[C@@H](C=O)[C@@H](O[C@@H]1O[C@H](CO)[C@@H](O)[C@H](O)[C@H]1N)[C@H](O[C@@H]1O[C@H](CO)[C@@H](O)[C@H](O)[C@H]1N)[C@H](O)CO. The zero-order valence-corrected chi connectivity index (χ0v) is 20.0. The predicted octanol–water partition coefficient (Wildman–Crippen LogP) is -7.65. The van der Waals surface area contributed by atoms with Crippen molar-refractivity contribution >= 4 is 12.2 Å². The summed E-state index contributed by atoms with van der Waals surface area (Å²) in [6.45, 7) is -1.43. The van der Waals surface area contributed by atoms with E-state index in [1.54, 1.807) is 0 Å². The van der Waals surface area contributed by atoms with Crippen LogP contribution < -0.4 is 16.8 Å². The molecular formula is C20H37N3O14. The topological polar surface area (TPSA) is 297 Å². The van der Waals surface area contributed by atoms with E-state index in [0.717, 1.165) is 6.92 Å². The molecule has 0 saturated carbocycles. The van der Waals surface area contributed by atoms with Gasteiger partial charge in [-0.15, -0.1) is 0 Å². The van der Waals surface area contributed by atoms with E-state index in [1.165, 1.54) is 0 Å². The third kappa shape index (κ3) is 7.37. The van der Waals surface area contributed by atoms with E-state index in [-0.39, 0.29) is 6.29 Å². The second-order valence-corrected chi connectivity index (χ2v) is 8.88. The standard InChI is InChI=1S/C20H37N3O14/c1-6(28)23-7(2-24)17(36-19-11(21)15(32)13(30)9(4-26)34-19)18(8(29)3-25)37-20-12(22)16(33)14(31)10(5-27)35-20/h2,7-20,25-27,29-33H,3-5,21-22H2,1H3,(H,23,28)/t7-,8+,9+,10+,11+,12+,13+,14+,15+,16+,17+,18+,19-,20-/m0/s1. The Morgan fingerprint density at radius 1 is 0.892 bits per heavy atom. The summed E-state index contributed by atoms with van der Waals surface area (Å²) in [7, 11) is 0. The summed E-state index contributed by atoms with van der Waals surface area (Å²) in [5.74, 6) is -0.718. The van der Waals surface area contributed by atoms with Gasteiger partial charge in [-0.1, -0.05) is 0 Å². The Kier molecular flexibility index (Phi) is 12.1. The average Bonchev–Trinajstić information content (AvgIpc) is 2.88. The van der Waals surface area contributed by atoms with E-state index in [0.29, 0.717) is 0 Å². The summed E-state index contributed by atoms with van der Waals surface area (Å²) in [6, 6.07) is -4.51. The van der Waals surface area contributed by atoms with Crippen LogP contribution in [0.25, 0.3) is 0 Å². The number of amides is 1. The van der Waals surface area contributed by atoms with Crippen molar-refractivity contribution in [2.75, 3.05) is 19.8 Å². The number of aliphatic hydroxyl groups excluding tert-OH is 8. The van der Waals surface area contributed by atoms with Gasteiger partial charge in [0.1, 0.15) is 67.3 Å². The maximum absolute atomic E-state index is 11.9. The fraction of sp³-hybridized carbons (Fsp3) is 0.900. The van der Waals surface area contributed by atoms with Crippen molar-refractivity contribution in [2.45, 2.75) is 92.6 Å². The molecule has 0 spiro atoms. The Balaban J connectivity index is 2.43. The number of aldehydes is 1. The van der Waals surface area contributed by atoms with Gasteiger partial charge in [0, 0.05) is 6.92 Å². The van der Waals surface area contributed by atoms with Crippen LogP contribution in [0, 0.1) is 0 Å². The second-order valence-electron chi connectivity index (χ2n) is 8.88. The fourth-order valence-electron chi connectivity index (χ4n) is 4.05. The molecule has 0 aliphatic carbocycles. The lowest BCUT2D eigenvalue weighted by molar-refractivity contribution is -0.322. The quantitative estimate of drug-likeness (QED) is 0.102. The fourth-order valence-corrected chi connectivity index (χ4v) is 4.05. The molecule has 2 heterocycles. The zero-order chi connectivity index (χ0) is 28.0. The van der Waals surface area contributed by atoms with Crippen LogP contribution in [-0.2, 0) is 28.5 Å². The summed E-state index contributed by atoms with van der Waals surface area (Å²) in [4.78, 5) is 23.7. The summed E-state index contributed by atoms with van der Waals surface area (Å²) in [6.07, 6.45) is -17.7. The lowest BCUT2D eigenvalue weighted by Gasteiger charge is -2.45. The number of rotatable bonds is 12. The number of hydrogen-bond acceptors (Lipinski definition) is 16. The monoisotopic (exact) mass is 543 g/mol. The van der Waals surface area contributed by atoms with Gasteiger partial charge >= 0.3 is 0 Å². The van der Waals surface area contributed by atoms with Crippen molar-refractivity contribution < 1.29 is 69.4 Å². The minimum atomic E-state index is -1.85. The highest BCUT2D eigenvalue weighted by Crippen LogP contribution is 2.28. The molecule has 17 heteroatoms. The van der Waals surface area contributed by atoms with Gasteiger partial charge in [-0.3, -0.25) is 4.79 Å². The van der Waals surface area contributed by atoms with Gasteiger partial charge in [-0.05, 0) is 0 Å². The molecule has 2 saturated heterocycles. The molecule has 2 rings (SSSR count). The molecule has 14 atom stereocenters. The molecule has 17 nitrogen and oxygen atoms in total. The molecule has 2 aliphatic heterocycles. The number of hydrogen-bond donors (Lipinski definition) is 11. The van der Waals surface area contributed by atoms with Crippen LogP contribution in [-0.4, -0.2) is 159 Å². The molecule has 2 aliphatic rings. The number of aliphatic hydroxyl groups is 8. The molecule has 0 radical (unpaired) electrons. The average molecular weight is 544 g/mol. The smallest absolute Gasteiger partial charge is 0.217 e. The van der Waals surface area contributed by atoms with Crippen molar-refractivity contribution in [1.82, 2.24) is 5.32 Å². The van der Waals surface area contributed by atoms with Gasteiger partial charge in [0.05, 0.1) is 31.9 Å². The lowest BCUT2D eigenvalue weighted by Crippen LogP contribution is -2.67. The second kappa shape index (κ2) is 14.1. The number of nitrogens with two attached hydrogens (primary N) is 2. The summed E-state index contributed by atoms with van der Waals surface area (Å²) < 4.78 is 22.2. The number of carbonyl (C=O) groups excluding carboxylic acids is 2. The Bertz CT molecular complexity index is 732. The van der Waals surface area contributed by atoms with Crippen molar-refractivity contribution in [3.63, 3.8) is 0 Å². The van der Waals surface area contributed by atoms with Crippen LogP contribution in [0.3, 0.4) is 0 Å². The molecule has 0 aromatic carbocycles. The summed E-state index contributed by atoms with van der Waals surface area (Å²) >= 11 is 0. The van der Waals surface area contributed by atoms with Gasteiger partial charge in [0.2, 0.25) is 5.91 Å². The summed E-state index contributed by atoms with van der Waals surface area (Å²) in [5, 5.41) is 82.0.